The largest absolute Gasteiger partial charge is 0.379 e. The SMILES string of the molecule is CS(=O)(=O)OCCC#Cc1cccc(CN2CCOCC2)c1. The maximum Gasteiger partial charge on any atom is 0.264 e. The van der Waals surface area contributed by atoms with Gasteiger partial charge in [0, 0.05) is 31.6 Å². The fraction of sp³-hybridized carbons (Fsp3) is 0.500. The highest BCUT2D eigenvalue weighted by atomic mass is 32.2. The summed E-state index contributed by atoms with van der Waals surface area (Å²) < 4.78 is 31.6. The monoisotopic (exact) mass is 323 g/mol. The predicted octanol–water partition coefficient (Wildman–Crippen LogP) is 1.24. The van der Waals surface area contributed by atoms with Crippen molar-refractivity contribution in [3.05, 3.63) is 35.4 Å². The standard InChI is InChI=1S/C16H21NO4S/c1-22(18,19)21-10-3-2-5-15-6-4-7-16(13-15)14-17-8-11-20-12-9-17/h4,6-7,13H,3,8-12,14H2,1H3. The third kappa shape index (κ3) is 6.58. The Morgan fingerprint density at radius 3 is 2.82 bits per heavy atom. The second-order valence-corrected chi connectivity index (χ2v) is 6.81. The van der Waals surface area contributed by atoms with Crippen LogP contribution in [-0.2, 0) is 25.6 Å². The van der Waals surface area contributed by atoms with Crippen LogP contribution in [-0.4, -0.2) is 52.5 Å². The number of morpholine rings is 1. The molecular weight excluding hydrogens is 302 g/mol. The normalized spacial score (nSPS) is 16.0. The summed E-state index contributed by atoms with van der Waals surface area (Å²) in [7, 11) is -3.38. The lowest BCUT2D eigenvalue weighted by Gasteiger charge is -2.26. The van der Waals surface area contributed by atoms with Crippen molar-refractivity contribution in [2.24, 2.45) is 0 Å². The van der Waals surface area contributed by atoms with Crippen LogP contribution in [0.1, 0.15) is 17.5 Å². The predicted molar refractivity (Wildman–Crippen MR) is 84.8 cm³/mol. The molecule has 120 valence electrons. The number of hydrogen-bond donors (Lipinski definition) is 0. The molecule has 0 atom stereocenters. The summed E-state index contributed by atoms with van der Waals surface area (Å²) >= 11 is 0. The molecule has 0 saturated carbocycles. The van der Waals surface area contributed by atoms with E-state index < -0.39 is 10.1 Å². The van der Waals surface area contributed by atoms with Crippen LogP contribution < -0.4 is 0 Å². The first-order chi connectivity index (χ1) is 10.5. The molecule has 1 aliphatic heterocycles. The molecule has 1 saturated heterocycles. The number of ether oxygens (including phenoxy) is 1. The van der Waals surface area contributed by atoms with E-state index in [1.54, 1.807) is 0 Å². The Labute approximate surface area is 132 Å². The molecule has 0 aliphatic carbocycles. The summed E-state index contributed by atoms with van der Waals surface area (Å²) in [6, 6.07) is 8.10. The van der Waals surface area contributed by atoms with E-state index in [1.165, 1.54) is 5.56 Å². The van der Waals surface area contributed by atoms with Gasteiger partial charge in [-0.1, -0.05) is 24.0 Å². The van der Waals surface area contributed by atoms with Gasteiger partial charge in [0.25, 0.3) is 10.1 Å². The molecule has 0 N–H and O–H groups in total. The van der Waals surface area contributed by atoms with E-state index in [1.807, 2.05) is 12.1 Å². The average Bonchev–Trinajstić information content (AvgIpc) is 2.47. The molecule has 1 aliphatic rings. The van der Waals surface area contributed by atoms with Crippen LogP contribution in [0.15, 0.2) is 24.3 Å². The van der Waals surface area contributed by atoms with Crippen molar-refractivity contribution < 1.29 is 17.3 Å². The lowest BCUT2D eigenvalue weighted by molar-refractivity contribution is 0.0342. The molecule has 22 heavy (non-hydrogen) atoms. The summed E-state index contributed by atoms with van der Waals surface area (Å²) in [5, 5.41) is 0. The lowest BCUT2D eigenvalue weighted by Crippen LogP contribution is -2.35. The smallest absolute Gasteiger partial charge is 0.264 e. The van der Waals surface area contributed by atoms with Crippen LogP contribution in [0.3, 0.4) is 0 Å². The highest BCUT2D eigenvalue weighted by Gasteiger charge is 2.10. The third-order valence-electron chi connectivity index (χ3n) is 3.19. The zero-order valence-corrected chi connectivity index (χ0v) is 13.6. The Morgan fingerprint density at radius 2 is 2.09 bits per heavy atom. The van der Waals surface area contributed by atoms with Gasteiger partial charge in [0.1, 0.15) is 0 Å². The lowest BCUT2D eigenvalue weighted by atomic mass is 10.1. The molecule has 1 aromatic rings. The van der Waals surface area contributed by atoms with Crippen molar-refractivity contribution in [3.8, 4) is 11.8 Å². The third-order valence-corrected chi connectivity index (χ3v) is 3.79. The highest BCUT2D eigenvalue weighted by Crippen LogP contribution is 2.09. The number of nitrogens with zero attached hydrogens (tertiary/aromatic N) is 1. The van der Waals surface area contributed by atoms with Gasteiger partial charge in [-0.3, -0.25) is 9.08 Å². The Hall–Kier alpha value is -1.39. The summed E-state index contributed by atoms with van der Waals surface area (Å²) in [5.41, 5.74) is 2.16. The summed E-state index contributed by atoms with van der Waals surface area (Å²) in [5.74, 6) is 5.97. The molecule has 6 heteroatoms. The number of hydrogen-bond acceptors (Lipinski definition) is 5. The molecule has 1 heterocycles. The Balaban J connectivity index is 1.85. The van der Waals surface area contributed by atoms with Gasteiger partial charge >= 0.3 is 0 Å². The first kappa shape index (κ1) is 17.0. The van der Waals surface area contributed by atoms with Crippen molar-refractivity contribution in [2.75, 3.05) is 39.2 Å². The van der Waals surface area contributed by atoms with Crippen LogP contribution in [0.5, 0.6) is 0 Å². The molecule has 5 nitrogen and oxygen atoms in total. The fourth-order valence-corrected chi connectivity index (χ4v) is 2.56. The second-order valence-electron chi connectivity index (χ2n) is 5.17. The van der Waals surface area contributed by atoms with Crippen molar-refractivity contribution in [1.29, 1.82) is 0 Å². The number of benzene rings is 1. The Kier molecular flexibility index (Phi) is 6.40. The Morgan fingerprint density at radius 1 is 1.32 bits per heavy atom. The zero-order chi connectivity index (χ0) is 15.8. The van der Waals surface area contributed by atoms with Crippen LogP contribution in [0.4, 0.5) is 0 Å². The van der Waals surface area contributed by atoms with Crippen molar-refractivity contribution in [1.82, 2.24) is 4.90 Å². The van der Waals surface area contributed by atoms with Gasteiger partial charge in [-0.2, -0.15) is 8.42 Å². The van der Waals surface area contributed by atoms with E-state index in [9.17, 15) is 8.42 Å². The quantitative estimate of drug-likeness (QED) is 0.463. The fourth-order valence-electron chi connectivity index (χ4n) is 2.17. The van der Waals surface area contributed by atoms with Gasteiger partial charge in [-0.15, -0.1) is 0 Å². The van der Waals surface area contributed by atoms with Gasteiger partial charge < -0.3 is 4.74 Å². The summed E-state index contributed by atoms with van der Waals surface area (Å²) in [4.78, 5) is 2.36. The molecule has 0 amide bonds. The van der Waals surface area contributed by atoms with E-state index in [-0.39, 0.29) is 6.61 Å². The molecule has 1 fully saturated rings. The highest BCUT2D eigenvalue weighted by molar-refractivity contribution is 7.85. The molecule has 2 rings (SSSR count). The summed E-state index contributed by atoms with van der Waals surface area (Å²) in [6.45, 7) is 4.49. The Bertz CT molecular complexity index is 640. The molecule has 0 spiro atoms. The van der Waals surface area contributed by atoms with E-state index in [2.05, 4.69) is 33.1 Å². The van der Waals surface area contributed by atoms with Gasteiger partial charge in [0.15, 0.2) is 0 Å². The van der Waals surface area contributed by atoms with E-state index >= 15 is 0 Å². The van der Waals surface area contributed by atoms with E-state index in [4.69, 9.17) is 4.74 Å². The van der Waals surface area contributed by atoms with Crippen molar-refractivity contribution >= 4 is 10.1 Å². The molecular formula is C16H21NO4S. The molecule has 1 aromatic carbocycles. The minimum atomic E-state index is -3.38. The minimum Gasteiger partial charge on any atom is -0.379 e. The molecule has 0 unspecified atom stereocenters. The summed E-state index contributed by atoms with van der Waals surface area (Å²) in [6.07, 6.45) is 1.43. The van der Waals surface area contributed by atoms with Gasteiger partial charge in [-0.05, 0) is 17.7 Å². The van der Waals surface area contributed by atoms with E-state index in [0.29, 0.717) is 6.42 Å². The van der Waals surface area contributed by atoms with Crippen molar-refractivity contribution in [3.63, 3.8) is 0 Å². The van der Waals surface area contributed by atoms with Crippen LogP contribution >= 0.6 is 0 Å². The van der Waals surface area contributed by atoms with Crippen LogP contribution in [0.2, 0.25) is 0 Å². The topological polar surface area (TPSA) is 55.8 Å². The van der Waals surface area contributed by atoms with Gasteiger partial charge in [0.2, 0.25) is 0 Å². The van der Waals surface area contributed by atoms with Crippen LogP contribution in [0.25, 0.3) is 0 Å². The first-order valence-electron chi connectivity index (χ1n) is 7.25. The number of rotatable bonds is 5. The maximum atomic E-state index is 10.8. The average molecular weight is 323 g/mol. The van der Waals surface area contributed by atoms with Crippen LogP contribution in [0, 0.1) is 11.8 Å². The maximum absolute atomic E-state index is 10.8. The van der Waals surface area contributed by atoms with Crippen molar-refractivity contribution in [2.45, 2.75) is 13.0 Å². The van der Waals surface area contributed by atoms with Gasteiger partial charge in [-0.25, -0.2) is 0 Å². The minimum absolute atomic E-state index is 0.0965. The molecule has 0 radical (unpaired) electrons. The first-order valence-corrected chi connectivity index (χ1v) is 9.07. The second kappa shape index (κ2) is 8.30. The van der Waals surface area contributed by atoms with Gasteiger partial charge in [0.05, 0.1) is 26.1 Å². The molecule has 0 bridgehead atoms. The molecule has 0 aromatic heterocycles. The zero-order valence-electron chi connectivity index (χ0n) is 12.7. The van der Waals surface area contributed by atoms with E-state index in [0.717, 1.165) is 44.7 Å².